The van der Waals surface area contributed by atoms with Gasteiger partial charge in [-0.25, -0.2) is 0 Å². The van der Waals surface area contributed by atoms with Crippen molar-refractivity contribution in [3.05, 3.63) is 64.9 Å². The average molecular weight is 450 g/mol. The highest BCUT2D eigenvalue weighted by Crippen LogP contribution is 2.37. The van der Waals surface area contributed by atoms with E-state index in [1.165, 1.54) is 11.3 Å². The highest BCUT2D eigenvalue weighted by atomic mass is 32.1. The summed E-state index contributed by atoms with van der Waals surface area (Å²) in [5.41, 5.74) is 1.24. The number of thiophene rings is 1. The molecule has 5 rings (SSSR count). The van der Waals surface area contributed by atoms with Gasteiger partial charge in [-0.1, -0.05) is 6.07 Å². The van der Waals surface area contributed by atoms with Crippen LogP contribution in [-0.4, -0.2) is 31.1 Å². The SMILES string of the molecule is O=C(Nc1ccc(OC(=O)C2CC(=O)N(c3ccc4c(c3)OCO4)C2)cc1)c1cccs1. The van der Waals surface area contributed by atoms with Gasteiger partial charge in [0.25, 0.3) is 5.91 Å². The van der Waals surface area contributed by atoms with Gasteiger partial charge in [-0.3, -0.25) is 14.4 Å². The zero-order valence-corrected chi connectivity index (χ0v) is 17.6. The molecular formula is C23H18N2O6S. The van der Waals surface area contributed by atoms with Gasteiger partial charge in [0.05, 0.1) is 10.8 Å². The Balaban J connectivity index is 1.20. The molecule has 2 aromatic carbocycles. The van der Waals surface area contributed by atoms with Gasteiger partial charge in [-0.2, -0.15) is 0 Å². The van der Waals surface area contributed by atoms with Crippen molar-refractivity contribution in [1.82, 2.24) is 0 Å². The van der Waals surface area contributed by atoms with E-state index >= 15 is 0 Å². The van der Waals surface area contributed by atoms with Gasteiger partial charge in [-0.15, -0.1) is 11.3 Å². The number of fused-ring (bicyclic) bond motifs is 1. The number of esters is 1. The summed E-state index contributed by atoms with van der Waals surface area (Å²) < 4.78 is 16.1. The molecule has 1 unspecified atom stereocenters. The first-order valence-corrected chi connectivity index (χ1v) is 10.8. The molecule has 8 nitrogen and oxygen atoms in total. The molecule has 2 amide bonds. The van der Waals surface area contributed by atoms with E-state index in [9.17, 15) is 14.4 Å². The van der Waals surface area contributed by atoms with Crippen molar-refractivity contribution < 1.29 is 28.6 Å². The first-order chi connectivity index (χ1) is 15.6. The molecule has 1 atom stereocenters. The second-order valence-electron chi connectivity index (χ2n) is 7.32. The van der Waals surface area contributed by atoms with E-state index in [0.29, 0.717) is 33.5 Å². The molecule has 9 heteroatoms. The van der Waals surface area contributed by atoms with E-state index < -0.39 is 11.9 Å². The number of ether oxygens (including phenoxy) is 3. The molecule has 3 heterocycles. The molecule has 2 aliphatic rings. The number of nitrogens with zero attached hydrogens (tertiary/aromatic N) is 1. The third-order valence-corrected chi connectivity index (χ3v) is 6.07. The fraction of sp³-hybridized carbons (Fsp3) is 0.174. The van der Waals surface area contributed by atoms with E-state index in [1.807, 2.05) is 11.4 Å². The fourth-order valence-electron chi connectivity index (χ4n) is 3.57. The number of rotatable bonds is 5. The highest BCUT2D eigenvalue weighted by Gasteiger charge is 2.37. The van der Waals surface area contributed by atoms with Crippen molar-refractivity contribution in [3.8, 4) is 17.2 Å². The maximum Gasteiger partial charge on any atom is 0.316 e. The summed E-state index contributed by atoms with van der Waals surface area (Å²) in [7, 11) is 0. The lowest BCUT2D eigenvalue weighted by molar-refractivity contribution is -0.139. The van der Waals surface area contributed by atoms with Gasteiger partial charge in [0.2, 0.25) is 12.7 Å². The number of benzene rings is 2. The van der Waals surface area contributed by atoms with Crippen molar-refractivity contribution in [2.24, 2.45) is 5.92 Å². The molecule has 1 aromatic heterocycles. The van der Waals surface area contributed by atoms with Gasteiger partial charge in [0.1, 0.15) is 5.75 Å². The number of hydrogen-bond acceptors (Lipinski definition) is 7. The maximum absolute atomic E-state index is 12.6. The largest absolute Gasteiger partial charge is 0.454 e. The molecule has 1 fully saturated rings. The standard InChI is InChI=1S/C23H18N2O6S/c26-21-10-14(12-25(21)16-5-8-18-19(11-16)30-13-29-18)23(28)31-17-6-3-15(4-7-17)24-22(27)20-2-1-9-32-20/h1-9,11,14H,10,12-13H2,(H,24,27). The molecule has 0 spiro atoms. The Bertz CT molecular complexity index is 1180. The lowest BCUT2D eigenvalue weighted by atomic mass is 10.1. The highest BCUT2D eigenvalue weighted by molar-refractivity contribution is 7.12. The van der Waals surface area contributed by atoms with Crippen LogP contribution in [0.2, 0.25) is 0 Å². The molecule has 32 heavy (non-hydrogen) atoms. The number of carbonyl (C=O) groups excluding carboxylic acids is 3. The fourth-order valence-corrected chi connectivity index (χ4v) is 4.19. The molecular weight excluding hydrogens is 432 g/mol. The monoisotopic (exact) mass is 450 g/mol. The topological polar surface area (TPSA) is 94.2 Å². The van der Waals surface area contributed by atoms with Crippen molar-refractivity contribution in [2.75, 3.05) is 23.6 Å². The minimum atomic E-state index is -0.578. The van der Waals surface area contributed by atoms with Crippen molar-refractivity contribution in [3.63, 3.8) is 0 Å². The Morgan fingerprint density at radius 1 is 1.06 bits per heavy atom. The van der Waals surface area contributed by atoms with E-state index in [-0.39, 0.29) is 31.6 Å². The van der Waals surface area contributed by atoms with Gasteiger partial charge in [0, 0.05) is 30.4 Å². The summed E-state index contributed by atoms with van der Waals surface area (Å²) in [6.45, 7) is 0.379. The summed E-state index contributed by atoms with van der Waals surface area (Å²) in [5, 5.41) is 4.62. The van der Waals surface area contributed by atoms with E-state index in [2.05, 4.69) is 5.32 Å². The van der Waals surface area contributed by atoms with Crippen LogP contribution in [-0.2, 0) is 9.59 Å². The Morgan fingerprint density at radius 2 is 1.88 bits per heavy atom. The summed E-state index contributed by atoms with van der Waals surface area (Å²) >= 11 is 1.35. The quantitative estimate of drug-likeness (QED) is 0.471. The van der Waals surface area contributed by atoms with Crippen molar-refractivity contribution >= 4 is 40.5 Å². The van der Waals surface area contributed by atoms with E-state index in [0.717, 1.165) is 0 Å². The van der Waals surface area contributed by atoms with Gasteiger partial charge in [0.15, 0.2) is 11.5 Å². The lowest BCUT2D eigenvalue weighted by Gasteiger charge is -2.17. The maximum atomic E-state index is 12.6. The van der Waals surface area contributed by atoms with Gasteiger partial charge < -0.3 is 24.4 Å². The zero-order chi connectivity index (χ0) is 22.1. The van der Waals surface area contributed by atoms with Crippen LogP contribution in [0.1, 0.15) is 16.1 Å². The number of nitrogens with one attached hydrogen (secondary N) is 1. The molecule has 1 N–H and O–H groups in total. The number of anilines is 2. The first-order valence-electron chi connectivity index (χ1n) is 9.93. The predicted molar refractivity (Wildman–Crippen MR) is 117 cm³/mol. The Kier molecular flexibility index (Phi) is 5.24. The van der Waals surface area contributed by atoms with Crippen LogP contribution in [0, 0.1) is 5.92 Å². The number of hydrogen-bond donors (Lipinski definition) is 1. The Hall–Kier alpha value is -3.85. The molecule has 1 saturated heterocycles. The van der Waals surface area contributed by atoms with Crippen molar-refractivity contribution in [2.45, 2.75) is 6.42 Å². The second-order valence-corrected chi connectivity index (χ2v) is 8.27. The molecule has 0 radical (unpaired) electrons. The normalized spacial score (nSPS) is 16.8. The molecule has 0 bridgehead atoms. The molecule has 3 aromatic rings. The summed E-state index contributed by atoms with van der Waals surface area (Å²) in [4.78, 5) is 39.4. The average Bonchev–Trinajstić information content (AvgIpc) is 3.55. The number of carbonyl (C=O) groups is 3. The minimum Gasteiger partial charge on any atom is -0.454 e. The Labute approximate surface area is 187 Å². The minimum absolute atomic E-state index is 0.0717. The third-order valence-electron chi connectivity index (χ3n) is 5.20. The van der Waals surface area contributed by atoms with Gasteiger partial charge in [-0.05, 0) is 47.8 Å². The van der Waals surface area contributed by atoms with Crippen molar-refractivity contribution in [1.29, 1.82) is 0 Å². The summed E-state index contributed by atoms with van der Waals surface area (Å²) in [5.74, 6) is 0.149. The molecule has 2 aliphatic heterocycles. The van der Waals surface area contributed by atoms with Crippen LogP contribution in [0.25, 0.3) is 0 Å². The van der Waals surface area contributed by atoms with Crippen LogP contribution in [0.15, 0.2) is 60.0 Å². The van der Waals surface area contributed by atoms with Crippen LogP contribution in [0.3, 0.4) is 0 Å². The summed E-state index contributed by atoms with van der Waals surface area (Å²) in [6.07, 6.45) is 0.0717. The van der Waals surface area contributed by atoms with Crippen LogP contribution in [0.4, 0.5) is 11.4 Å². The molecule has 0 saturated carbocycles. The van der Waals surface area contributed by atoms with Crippen LogP contribution < -0.4 is 24.4 Å². The smallest absolute Gasteiger partial charge is 0.316 e. The van der Waals surface area contributed by atoms with Gasteiger partial charge >= 0.3 is 5.97 Å². The first kappa shape index (κ1) is 20.1. The zero-order valence-electron chi connectivity index (χ0n) is 16.8. The number of amides is 2. The third kappa shape index (κ3) is 4.02. The Morgan fingerprint density at radius 3 is 2.66 bits per heavy atom. The summed E-state index contributed by atoms with van der Waals surface area (Å²) in [6, 6.07) is 15.3. The molecule has 0 aliphatic carbocycles. The molecule has 162 valence electrons. The van der Waals surface area contributed by atoms with E-state index in [1.54, 1.807) is 53.4 Å². The van der Waals surface area contributed by atoms with Crippen LogP contribution >= 0.6 is 11.3 Å². The second kappa shape index (κ2) is 8.35. The van der Waals surface area contributed by atoms with Crippen LogP contribution in [0.5, 0.6) is 17.2 Å². The lowest BCUT2D eigenvalue weighted by Crippen LogP contribution is -2.27. The van der Waals surface area contributed by atoms with E-state index in [4.69, 9.17) is 14.2 Å². The predicted octanol–water partition coefficient (Wildman–Crippen LogP) is 3.69.